The number of rotatable bonds is 4. The summed E-state index contributed by atoms with van der Waals surface area (Å²) >= 11 is 3.15. The molecule has 0 aliphatic rings. The Bertz CT molecular complexity index is 269. The smallest absolute Gasteiger partial charge is 0.257 e. The zero-order valence-corrected chi connectivity index (χ0v) is 8.66. The quantitative estimate of drug-likeness (QED) is 0.861. The van der Waals surface area contributed by atoms with Gasteiger partial charge in [0, 0.05) is 13.1 Å². The molecule has 0 amide bonds. The van der Waals surface area contributed by atoms with Gasteiger partial charge in [-0.2, -0.15) is 0 Å². The van der Waals surface area contributed by atoms with E-state index in [4.69, 9.17) is 0 Å². The molecule has 74 valence electrons. The van der Waals surface area contributed by atoms with Crippen LogP contribution in [0.25, 0.3) is 0 Å². The fourth-order valence-electron chi connectivity index (χ4n) is 0.827. The van der Waals surface area contributed by atoms with Gasteiger partial charge in [-0.05, 0) is 15.9 Å². The highest BCUT2D eigenvalue weighted by atomic mass is 79.9. The molecule has 0 spiro atoms. The summed E-state index contributed by atoms with van der Waals surface area (Å²) in [4.78, 5) is 6.81. The predicted molar refractivity (Wildman–Crippen MR) is 48.6 cm³/mol. The second-order valence-electron chi connectivity index (χ2n) is 2.84. The van der Waals surface area contributed by atoms with Crippen LogP contribution in [0.5, 0.6) is 0 Å². The number of H-pyrrole nitrogens is 1. The number of aromatic amines is 1. The number of hydrogen-bond acceptors (Lipinski definition) is 2. The van der Waals surface area contributed by atoms with Gasteiger partial charge < -0.3 is 10.3 Å². The van der Waals surface area contributed by atoms with Crippen molar-refractivity contribution >= 4 is 15.9 Å². The van der Waals surface area contributed by atoms with E-state index in [9.17, 15) is 8.78 Å². The van der Waals surface area contributed by atoms with E-state index in [1.807, 2.05) is 0 Å². The SMILES string of the molecule is CC(F)(F)CNCc1nc(Br)c[nH]1. The van der Waals surface area contributed by atoms with Crippen molar-refractivity contribution in [2.24, 2.45) is 0 Å². The molecule has 6 heteroatoms. The largest absolute Gasteiger partial charge is 0.346 e. The Morgan fingerprint density at radius 1 is 1.69 bits per heavy atom. The summed E-state index contributed by atoms with van der Waals surface area (Å²) in [6.45, 7) is 0.846. The van der Waals surface area contributed by atoms with Gasteiger partial charge in [0.2, 0.25) is 0 Å². The molecule has 13 heavy (non-hydrogen) atoms. The van der Waals surface area contributed by atoms with Crippen molar-refractivity contribution in [2.45, 2.75) is 19.4 Å². The van der Waals surface area contributed by atoms with E-state index in [0.29, 0.717) is 17.0 Å². The first kappa shape index (κ1) is 10.6. The van der Waals surface area contributed by atoms with E-state index in [-0.39, 0.29) is 6.54 Å². The summed E-state index contributed by atoms with van der Waals surface area (Å²) in [5.41, 5.74) is 0. The Kier molecular flexibility index (Phi) is 3.38. The van der Waals surface area contributed by atoms with Crippen LogP contribution < -0.4 is 5.32 Å². The van der Waals surface area contributed by atoms with Crippen LogP contribution in [-0.2, 0) is 6.54 Å². The zero-order chi connectivity index (χ0) is 9.90. The first-order valence-electron chi connectivity index (χ1n) is 3.76. The van der Waals surface area contributed by atoms with Crippen molar-refractivity contribution in [1.29, 1.82) is 0 Å². The Morgan fingerprint density at radius 3 is 2.85 bits per heavy atom. The molecule has 2 N–H and O–H groups in total. The summed E-state index contributed by atoms with van der Waals surface area (Å²) in [7, 11) is 0. The standard InChI is InChI=1S/C7H10BrF2N3/c1-7(9,10)4-11-3-6-12-2-5(8)13-6/h2,11H,3-4H2,1H3,(H,12,13). The molecule has 0 unspecified atom stereocenters. The van der Waals surface area contributed by atoms with Gasteiger partial charge in [0.05, 0.1) is 13.1 Å². The van der Waals surface area contributed by atoms with Crippen LogP contribution in [0.3, 0.4) is 0 Å². The van der Waals surface area contributed by atoms with Gasteiger partial charge in [0.15, 0.2) is 0 Å². The van der Waals surface area contributed by atoms with Gasteiger partial charge >= 0.3 is 0 Å². The van der Waals surface area contributed by atoms with Crippen LogP contribution in [0, 0.1) is 0 Å². The molecular weight excluding hydrogens is 244 g/mol. The number of aromatic nitrogens is 2. The van der Waals surface area contributed by atoms with Gasteiger partial charge in [-0.3, -0.25) is 0 Å². The molecule has 0 saturated carbocycles. The molecule has 0 bridgehead atoms. The number of imidazole rings is 1. The van der Waals surface area contributed by atoms with Gasteiger partial charge in [-0.15, -0.1) is 0 Å². The van der Waals surface area contributed by atoms with E-state index < -0.39 is 5.92 Å². The molecule has 0 saturated heterocycles. The Labute approximate surface area is 83.1 Å². The van der Waals surface area contributed by atoms with Crippen LogP contribution in [0.2, 0.25) is 0 Å². The average molecular weight is 254 g/mol. The topological polar surface area (TPSA) is 40.7 Å². The number of nitrogens with zero attached hydrogens (tertiary/aromatic N) is 1. The van der Waals surface area contributed by atoms with Gasteiger partial charge in [0.1, 0.15) is 10.4 Å². The molecular formula is C7H10BrF2N3. The van der Waals surface area contributed by atoms with Crippen molar-refractivity contribution < 1.29 is 8.78 Å². The van der Waals surface area contributed by atoms with Gasteiger partial charge in [0.25, 0.3) is 5.92 Å². The van der Waals surface area contributed by atoms with Gasteiger partial charge in [-0.25, -0.2) is 13.8 Å². The maximum atomic E-state index is 12.3. The first-order chi connectivity index (χ1) is 5.97. The lowest BCUT2D eigenvalue weighted by Crippen LogP contribution is -2.29. The molecule has 1 aromatic heterocycles. The highest BCUT2D eigenvalue weighted by Gasteiger charge is 2.19. The van der Waals surface area contributed by atoms with E-state index in [1.165, 1.54) is 0 Å². The van der Waals surface area contributed by atoms with E-state index in [2.05, 4.69) is 31.2 Å². The fourth-order valence-corrected chi connectivity index (χ4v) is 1.16. The lowest BCUT2D eigenvalue weighted by atomic mass is 10.4. The van der Waals surface area contributed by atoms with Crippen LogP contribution in [0.15, 0.2) is 10.8 Å². The van der Waals surface area contributed by atoms with Crippen molar-refractivity contribution in [3.63, 3.8) is 0 Å². The number of nitrogens with one attached hydrogen (secondary N) is 2. The van der Waals surface area contributed by atoms with Crippen LogP contribution in [0.1, 0.15) is 12.7 Å². The highest BCUT2D eigenvalue weighted by molar-refractivity contribution is 9.10. The summed E-state index contributed by atoms with van der Waals surface area (Å²) in [5, 5.41) is 2.59. The maximum Gasteiger partial charge on any atom is 0.257 e. The van der Waals surface area contributed by atoms with Crippen LogP contribution in [0.4, 0.5) is 8.78 Å². The van der Waals surface area contributed by atoms with Crippen molar-refractivity contribution in [3.8, 4) is 0 Å². The second-order valence-corrected chi connectivity index (χ2v) is 3.66. The summed E-state index contributed by atoms with van der Waals surface area (Å²) in [5.74, 6) is -2.04. The normalized spacial score (nSPS) is 12.0. The zero-order valence-electron chi connectivity index (χ0n) is 7.07. The third kappa shape index (κ3) is 4.33. The minimum absolute atomic E-state index is 0.315. The lowest BCUT2D eigenvalue weighted by molar-refractivity contribution is 0.0223. The van der Waals surface area contributed by atoms with Crippen LogP contribution >= 0.6 is 15.9 Å². The third-order valence-corrected chi connectivity index (χ3v) is 1.73. The molecule has 1 heterocycles. The molecule has 0 aliphatic carbocycles. The number of alkyl halides is 2. The van der Waals surface area contributed by atoms with Crippen molar-refractivity contribution in [2.75, 3.05) is 6.54 Å². The predicted octanol–water partition coefficient (Wildman–Crippen LogP) is 1.92. The van der Waals surface area contributed by atoms with Gasteiger partial charge in [-0.1, -0.05) is 0 Å². The highest BCUT2D eigenvalue weighted by Crippen LogP contribution is 2.09. The van der Waals surface area contributed by atoms with E-state index in [0.717, 1.165) is 6.92 Å². The summed E-state index contributed by atoms with van der Waals surface area (Å²) < 4.78 is 25.3. The first-order valence-corrected chi connectivity index (χ1v) is 4.55. The molecule has 0 fully saturated rings. The molecule has 3 nitrogen and oxygen atoms in total. The second kappa shape index (κ2) is 4.15. The summed E-state index contributed by atoms with van der Waals surface area (Å²) in [6, 6.07) is 0. The van der Waals surface area contributed by atoms with Crippen LogP contribution in [-0.4, -0.2) is 22.4 Å². The van der Waals surface area contributed by atoms with Crippen molar-refractivity contribution in [1.82, 2.24) is 15.3 Å². The third-order valence-electron chi connectivity index (χ3n) is 1.33. The monoisotopic (exact) mass is 253 g/mol. The molecule has 0 atom stereocenters. The Morgan fingerprint density at radius 2 is 2.38 bits per heavy atom. The number of hydrogen-bond donors (Lipinski definition) is 2. The molecule has 1 aromatic rings. The Balaban J connectivity index is 2.28. The number of halogens is 3. The Hall–Kier alpha value is -0.490. The molecule has 0 aliphatic heterocycles. The minimum atomic E-state index is -2.68. The van der Waals surface area contributed by atoms with E-state index >= 15 is 0 Å². The summed E-state index contributed by atoms with van der Waals surface area (Å²) in [6.07, 6.45) is 1.65. The maximum absolute atomic E-state index is 12.3. The molecule has 0 aromatic carbocycles. The van der Waals surface area contributed by atoms with Crippen molar-refractivity contribution in [3.05, 3.63) is 16.6 Å². The fraction of sp³-hybridized carbons (Fsp3) is 0.571. The van der Waals surface area contributed by atoms with E-state index in [1.54, 1.807) is 6.20 Å². The average Bonchev–Trinajstić information content (AvgIpc) is 2.33. The lowest BCUT2D eigenvalue weighted by Gasteiger charge is -2.09. The molecule has 0 radical (unpaired) electrons. The molecule has 1 rings (SSSR count). The minimum Gasteiger partial charge on any atom is -0.346 e.